The lowest BCUT2D eigenvalue weighted by atomic mass is 10.2. The van der Waals surface area contributed by atoms with Gasteiger partial charge >= 0.3 is 0 Å². The van der Waals surface area contributed by atoms with Gasteiger partial charge in [0.1, 0.15) is 0 Å². The Kier molecular flexibility index (Phi) is 3.77. The Balaban J connectivity index is 2.10. The largest absolute Gasteiger partial charge is 0.398 e. The Labute approximate surface area is 110 Å². The molecular weight excluding hydrogens is 255 g/mol. The lowest BCUT2D eigenvalue weighted by Gasteiger charge is -2.09. The molecule has 0 spiro atoms. The van der Waals surface area contributed by atoms with Gasteiger partial charge in [-0.3, -0.25) is 0 Å². The van der Waals surface area contributed by atoms with Gasteiger partial charge in [-0.2, -0.15) is 0 Å². The zero-order valence-corrected chi connectivity index (χ0v) is 10.5. The van der Waals surface area contributed by atoms with Gasteiger partial charge in [-0.1, -0.05) is 41.4 Å². The van der Waals surface area contributed by atoms with E-state index in [4.69, 9.17) is 28.9 Å². The van der Waals surface area contributed by atoms with E-state index < -0.39 is 0 Å². The van der Waals surface area contributed by atoms with Crippen molar-refractivity contribution in [1.82, 2.24) is 0 Å². The molecule has 2 nitrogen and oxygen atoms in total. The van der Waals surface area contributed by atoms with Crippen LogP contribution in [0.3, 0.4) is 0 Å². The van der Waals surface area contributed by atoms with Crippen molar-refractivity contribution < 1.29 is 0 Å². The highest BCUT2D eigenvalue weighted by atomic mass is 35.5. The molecule has 2 aromatic carbocycles. The van der Waals surface area contributed by atoms with E-state index in [1.54, 1.807) is 12.1 Å². The maximum atomic E-state index is 6.07. The Hall–Kier alpha value is -1.38. The Morgan fingerprint density at radius 2 is 2.06 bits per heavy atom. The average molecular weight is 266 g/mol. The highest BCUT2D eigenvalue weighted by Crippen LogP contribution is 2.29. The number of nitrogens with two attached hydrogens (primary N) is 1. The highest BCUT2D eigenvalue weighted by Gasteiger charge is 2.03. The third-order valence-electron chi connectivity index (χ3n) is 2.32. The minimum Gasteiger partial charge on any atom is -0.398 e. The van der Waals surface area contributed by atoms with Crippen molar-refractivity contribution >= 4 is 34.6 Å². The van der Waals surface area contributed by atoms with Crippen LogP contribution in [0, 0.1) is 6.07 Å². The van der Waals surface area contributed by atoms with Gasteiger partial charge in [0, 0.05) is 18.3 Å². The smallest absolute Gasteiger partial charge is 0.0823 e. The summed E-state index contributed by atoms with van der Waals surface area (Å²) in [4.78, 5) is 0. The van der Waals surface area contributed by atoms with Gasteiger partial charge in [-0.15, -0.1) is 0 Å². The number of benzene rings is 2. The first kappa shape index (κ1) is 12.1. The van der Waals surface area contributed by atoms with E-state index in [-0.39, 0.29) is 0 Å². The quantitative estimate of drug-likeness (QED) is 0.824. The molecule has 0 amide bonds. The second-order valence-electron chi connectivity index (χ2n) is 3.61. The van der Waals surface area contributed by atoms with Crippen LogP contribution in [-0.2, 0) is 6.54 Å². The zero-order valence-electron chi connectivity index (χ0n) is 9.00. The first-order chi connectivity index (χ1) is 8.16. The van der Waals surface area contributed by atoms with E-state index in [9.17, 15) is 0 Å². The standard InChI is InChI=1S/C13H11Cl2N2/c14-11-5-2-6-12(13(11)15)17-8-9-3-1-4-10(16)7-9/h1-3,5-7,17H,8,16H2. The predicted octanol–water partition coefficient (Wildman–Crippen LogP) is 3.99. The molecule has 0 saturated heterocycles. The van der Waals surface area contributed by atoms with Crippen LogP contribution in [0.5, 0.6) is 0 Å². The van der Waals surface area contributed by atoms with Crippen LogP contribution in [0.4, 0.5) is 11.4 Å². The van der Waals surface area contributed by atoms with Gasteiger partial charge in [0.05, 0.1) is 15.7 Å². The number of nitrogens with one attached hydrogen (secondary N) is 1. The van der Waals surface area contributed by atoms with Crippen molar-refractivity contribution in [3.05, 3.63) is 58.1 Å². The van der Waals surface area contributed by atoms with E-state index >= 15 is 0 Å². The van der Waals surface area contributed by atoms with Crippen LogP contribution in [-0.4, -0.2) is 0 Å². The summed E-state index contributed by atoms with van der Waals surface area (Å²) in [6.07, 6.45) is 0. The summed E-state index contributed by atoms with van der Waals surface area (Å²) >= 11 is 12.0. The summed E-state index contributed by atoms with van der Waals surface area (Å²) in [7, 11) is 0. The number of rotatable bonds is 3. The first-order valence-electron chi connectivity index (χ1n) is 5.11. The van der Waals surface area contributed by atoms with Crippen LogP contribution in [0.15, 0.2) is 36.4 Å². The van der Waals surface area contributed by atoms with Crippen molar-refractivity contribution in [2.45, 2.75) is 6.54 Å². The SMILES string of the molecule is Nc1[c]ccc(CNc2cccc(Cl)c2Cl)c1. The summed E-state index contributed by atoms with van der Waals surface area (Å²) in [5, 5.41) is 4.28. The summed E-state index contributed by atoms with van der Waals surface area (Å²) in [5.74, 6) is 0. The van der Waals surface area contributed by atoms with Gasteiger partial charge < -0.3 is 11.1 Å². The van der Waals surface area contributed by atoms with E-state index in [0.717, 1.165) is 11.3 Å². The normalized spacial score (nSPS) is 10.2. The summed E-state index contributed by atoms with van der Waals surface area (Å²) in [6, 6.07) is 14.0. The fourth-order valence-electron chi connectivity index (χ4n) is 1.48. The molecule has 4 heteroatoms. The van der Waals surface area contributed by atoms with Crippen LogP contribution >= 0.6 is 23.2 Å². The van der Waals surface area contributed by atoms with Gasteiger partial charge in [0.15, 0.2) is 0 Å². The lowest BCUT2D eigenvalue weighted by molar-refractivity contribution is 1.15. The number of anilines is 2. The minimum atomic E-state index is 0.532. The average Bonchev–Trinajstić information content (AvgIpc) is 2.31. The summed E-state index contributed by atoms with van der Waals surface area (Å²) in [6.45, 7) is 0.638. The van der Waals surface area contributed by atoms with E-state index in [1.165, 1.54) is 0 Å². The van der Waals surface area contributed by atoms with Crippen molar-refractivity contribution in [2.75, 3.05) is 11.1 Å². The summed E-state index contributed by atoms with van der Waals surface area (Å²) < 4.78 is 0. The number of hydrogen-bond donors (Lipinski definition) is 2. The Bertz CT molecular complexity index is 527. The molecule has 2 rings (SSSR count). The predicted molar refractivity (Wildman–Crippen MR) is 73.5 cm³/mol. The molecule has 17 heavy (non-hydrogen) atoms. The molecule has 0 bridgehead atoms. The number of halogens is 2. The fourth-order valence-corrected chi connectivity index (χ4v) is 1.85. The minimum absolute atomic E-state index is 0.532. The maximum Gasteiger partial charge on any atom is 0.0823 e. The van der Waals surface area contributed by atoms with Crippen molar-refractivity contribution in [2.24, 2.45) is 0 Å². The molecular formula is C13H11Cl2N2. The van der Waals surface area contributed by atoms with Gasteiger partial charge in [-0.25, -0.2) is 0 Å². The third kappa shape index (κ3) is 3.05. The molecule has 0 aliphatic heterocycles. The van der Waals surface area contributed by atoms with Crippen molar-refractivity contribution in [3.8, 4) is 0 Å². The Morgan fingerprint density at radius 1 is 1.24 bits per heavy atom. The van der Waals surface area contributed by atoms with Crippen molar-refractivity contribution in [3.63, 3.8) is 0 Å². The Morgan fingerprint density at radius 3 is 2.82 bits per heavy atom. The molecule has 0 unspecified atom stereocenters. The number of nitrogen functional groups attached to an aromatic ring is 1. The van der Waals surface area contributed by atoms with Crippen LogP contribution < -0.4 is 11.1 Å². The van der Waals surface area contributed by atoms with E-state index in [1.807, 2.05) is 24.3 Å². The summed E-state index contributed by atoms with van der Waals surface area (Å²) in [5.41, 5.74) is 8.16. The molecule has 0 aliphatic rings. The molecule has 0 fully saturated rings. The zero-order chi connectivity index (χ0) is 12.3. The van der Waals surface area contributed by atoms with Crippen LogP contribution in [0.1, 0.15) is 5.56 Å². The molecule has 0 heterocycles. The molecule has 0 atom stereocenters. The monoisotopic (exact) mass is 265 g/mol. The molecule has 1 radical (unpaired) electrons. The van der Waals surface area contributed by atoms with Crippen LogP contribution in [0.25, 0.3) is 0 Å². The molecule has 87 valence electrons. The molecule has 3 N–H and O–H groups in total. The van der Waals surface area contributed by atoms with Crippen molar-refractivity contribution in [1.29, 1.82) is 0 Å². The number of hydrogen-bond acceptors (Lipinski definition) is 2. The molecule has 0 aromatic heterocycles. The lowest BCUT2D eigenvalue weighted by Crippen LogP contribution is -2.00. The molecule has 0 saturated carbocycles. The maximum absolute atomic E-state index is 6.07. The second-order valence-corrected chi connectivity index (χ2v) is 4.39. The fraction of sp³-hybridized carbons (Fsp3) is 0.0769. The van der Waals surface area contributed by atoms with E-state index in [0.29, 0.717) is 22.3 Å². The van der Waals surface area contributed by atoms with Gasteiger partial charge in [-0.05, 0) is 23.8 Å². The highest BCUT2D eigenvalue weighted by molar-refractivity contribution is 6.43. The van der Waals surface area contributed by atoms with Gasteiger partial charge in [0.25, 0.3) is 0 Å². The van der Waals surface area contributed by atoms with E-state index in [2.05, 4.69) is 11.4 Å². The second kappa shape index (κ2) is 5.30. The van der Waals surface area contributed by atoms with Gasteiger partial charge in [0.2, 0.25) is 0 Å². The third-order valence-corrected chi connectivity index (χ3v) is 3.14. The first-order valence-corrected chi connectivity index (χ1v) is 5.86. The molecule has 0 aliphatic carbocycles. The molecule has 2 aromatic rings. The van der Waals surface area contributed by atoms with Crippen LogP contribution in [0.2, 0.25) is 10.0 Å². The topological polar surface area (TPSA) is 38.0 Å².